The van der Waals surface area contributed by atoms with Crippen LogP contribution in [0.2, 0.25) is 0 Å². The number of amides is 2. The Hall–Kier alpha value is -3.95. The number of benzene rings is 2. The Labute approximate surface area is 171 Å². The normalized spacial score (nSPS) is 18.7. The van der Waals surface area contributed by atoms with Crippen molar-refractivity contribution in [2.24, 2.45) is 0 Å². The van der Waals surface area contributed by atoms with Crippen molar-refractivity contribution in [1.82, 2.24) is 10.9 Å². The summed E-state index contributed by atoms with van der Waals surface area (Å²) in [6.07, 6.45) is -1.93. The van der Waals surface area contributed by atoms with E-state index in [0.29, 0.717) is 23.0 Å². The summed E-state index contributed by atoms with van der Waals surface area (Å²) < 4.78 is 26.8. The molecule has 2 aliphatic rings. The summed E-state index contributed by atoms with van der Waals surface area (Å²) in [5.41, 5.74) is 4.36. The highest BCUT2D eigenvalue weighted by atomic mass is 16.6. The van der Waals surface area contributed by atoms with Gasteiger partial charge in [-0.15, -0.1) is 0 Å². The SMILES string of the molecule is O=C(COC(=O)[C@H]1COc2ccccc2O1)NNC(=O)[C@H]1COc2ccccc2O1. The van der Waals surface area contributed by atoms with E-state index in [0.717, 1.165) is 0 Å². The summed E-state index contributed by atoms with van der Waals surface area (Å²) in [7, 11) is 0. The molecule has 2 N–H and O–H groups in total. The van der Waals surface area contributed by atoms with Crippen LogP contribution in [0.3, 0.4) is 0 Å². The molecule has 2 amide bonds. The first-order valence-electron chi connectivity index (χ1n) is 9.12. The van der Waals surface area contributed by atoms with Gasteiger partial charge in [-0.05, 0) is 24.3 Å². The second-order valence-corrected chi connectivity index (χ2v) is 6.37. The van der Waals surface area contributed by atoms with Crippen molar-refractivity contribution in [3.63, 3.8) is 0 Å². The lowest BCUT2D eigenvalue weighted by molar-refractivity contribution is -0.158. The molecule has 0 fully saturated rings. The Morgan fingerprint density at radius 1 is 0.800 bits per heavy atom. The molecule has 4 rings (SSSR count). The highest BCUT2D eigenvalue weighted by molar-refractivity contribution is 5.87. The van der Waals surface area contributed by atoms with Crippen molar-refractivity contribution < 1.29 is 38.1 Å². The van der Waals surface area contributed by atoms with E-state index in [9.17, 15) is 14.4 Å². The minimum absolute atomic E-state index is 0.00576. The van der Waals surface area contributed by atoms with E-state index >= 15 is 0 Å². The minimum Gasteiger partial charge on any atom is -0.485 e. The predicted molar refractivity (Wildman–Crippen MR) is 100.0 cm³/mol. The van der Waals surface area contributed by atoms with Crippen LogP contribution in [-0.2, 0) is 19.1 Å². The van der Waals surface area contributed by atoms with Gasteiger partial charge >= 0.3 is 5.97 Å². The third kappa shape index (κ3) is 4.37. The number of carbonyl (C=O) groups is 3. The molecule has 0 saturated carbocycles. The number of hydrazine groups is 1. The second kappa shape index (κ2) is 8.60. The van der Waals surface area contributed by atoms with E-state index < -0.39 is 36.6 Å². The topological polar surface area (TPSA) is 121 Å². The molecule has 0 aromatic heterocycles. The molecule has 10 nitrogen and oxygen atoms in total. The third-order valence-corrected chi connectivity index (χ3v) is 4.24. The standard InChI is InChI=1S/C20H18N2O8/c23-18(11-28-20(25)17-10-27-13-6-2-4-8-15(13)30-17)21-22-19(24)16-9-26-12-5-1-3-7-14(12)29-16/h1-8,16-17H,9-11H2,(H,21,23)(H,22,24)/t16-,17-/m1/s1. The van der Waals surface area contributed by atoms with Gasteiger partial charge in [0.1, 0.15) is 13.2 Å². The summed E-state index contributed by atoms with van der Waals surface area (Å²) in [5.74, 6) is -0.186. The second-order valence-electron chi connectivity index (χ2n) is 6.37. The van der Waals surface area contributed by atoms with Crippen molar-refractivity contribution >= 4 is 17.8 Å². The molecule has 10 heteroatoms. The number of hydrogen-bond donors (Lipinski definition) is 2. The summed E-state index contributed by atoms with van der Waals surface area (Å²) in [6, 6.07) is 13.8. The molecule has 2 atom stereocenters. The summed E-state index contributed by atoms with van der Waals surface area (Å²) >= 11 is 0. The molecule has 0 bridgehead atoms. The average Bonchev–Trinajstić information content (AvgIpc) is 2.80. The quantitative estimate of drug-likeness (QED) is 0.543. The zero-order chi connectivity index (χ0) is 20.9. The van der Waals surface area contributed by atoms with E-state index in [2.05, 4.69) is 10.9 Å². The van der Waals surface area contributed by atoms with E-state index in [1.165, 1.54) is 0 Å². The molecule has 2 aromatic carbocycles. The van der Waals surface area contributed by atoms with Crippen LogP contribution in [-0.4, -0.2) is 49.8 Å². The van der Waals surface area contributed by atoms with Crippen LogP contribution in [0.15, 0.2) is 48.5 Å². The molecule has 2 aliphatic heterocycles. The first-order valence-corrected chi connectivity index (χ1v) is 9.12. The number of rotatable bonds is 4. The molecule has 0 aliphatic carbocycles. The molecule has 30 heavy (non-hydrogen) atoms. The number of ether oxygens (including phenoxy) is 5. The van der Waals surface area contributed by atoms with Crippen LogP contribution in [0.5, 0.6) is 23.0 Å². The molecule has 0 unspecified atom stereocenters. The Balaban J connectivity index is 1.19. The highest BCUT2D eigenvalue weighted by Crippen LogP contribution is 2.31. The van der Waals surface area contributed by atoms with Crippen LogP contribution in [0, 0.1) is 0 Å². The fourth-order valence-corrected chi connectivity index (χ4v) is 2.76. The Morgan fingerprint density at radius 2 is 1.33 bits per heavy atom. The van der Waals surface area contributed by atoms with E-state index in [4.69, 9.17) is 23.7 Å². The maximum absolute atomic E-state index is 12.1. The third-order valence-electron chi connectivity index (χ3n) is 4.24. The van der Waals surface area contributed by atoms with Gasteiger partial charge in [0.2, 0.25) is 12.2 Å². The van der Waals surface area contributed by atoms with Crippen LogP contribution < -0.4 is 29.8 Å². The van der Waals surface area contributed by atoms with Gasteiger partial charge in [-0.1, -0.05) is 24.3 Å². The highest BCUT2D eigenvalue weighted by Gasteiger charge is 2.30. The van der Waals surface area contributed by atoms with Gasteiger partial charge in [-0.3, -0.25) is 20.4 Å². The van der Waals surface area contributed by atoms with E-state index in [1.807, 2.05) is 0 Å². The lowest BCUT2D eigenvalue weighted by atomic mass is 10.2. The van der Waals surface area contributed by atoms with Crippen molar-refractivity contribution in [3.05, 3.63) is 48.5 Å². The number of nitrogens with one attached hydrogen (secondary N) is 2. The molecular formula is C20H18N2O8. The van der Waals surface area contributed by atoms with Crippen molar-refractivity contribution in [2.45, 2.75) is 12.2 Å². The first-order chi connectivity index (χ1) is 14.6. The Kier molecular flexibility index (Phi) is 5.55. The molecule has 0 saturated heterocycles. The van der Waals surface area contributed by atoms with Crippen molar-refractivity contribution in [2.75, 3.05) is 19.8 Å². The van der Waals surface area contributed by atoms with E-state index in [-0.39, 0.29) is 13.2 Å². The van der Waals surface area contributed by atoms with Gasteiger partial charge in [0.25, 0.3) is 11.8 Å². The minimum atomic E-state index is -0.991. The van der Waals surface area contributed by atoms with Gasteiger partial charge in [0, 0.05) is 0 Å². The number of esters is 1. The largest absolute Gasteiger partial charge is 0.485 e. The number of hydrogen-bond acceptors (Lipinski definition) is 8. The molecule has 0 radical (unpaired) electrons. The molecule has 2 heterocycles. The molecular weight excluding hydrogens is 396 g/mol. The van der Waals surface area contributed by atoms with Crippen molar-refractivity contribution in [3.8, 4) is 23.0 Å². The summed E-state index contributed by atoms with van der Waals surface area (Å²) in [4.78, 5) is 36.1. The molecule has 0 spiro atoms. The molecule has 2 aromatic rings. The van der Waals surface area contributed by atoms with Gasteiger partial charge in [0.15, 0.2) is 29.6 Å². The van der Waals surface area contributed by atoms with Gasteiger partial charge in [-0.2, -0.15) is 0 Å². The van der Waals surface area contributed by atoms with E-state index in [1.54, 1.807) is 48.5 Å². The molecule has 156 valence electrons. The van der Waals surface area contributed by atoms with Crippen molar-refractivity contribution in [1.29, 1.82) is 0 Å². The maximum Gasteiger partial charge on any atom is 0.351 e. The van der Waals surface area contributed by atoms with Crippen LogP contribution in [0.1, 0.15) is 0 Å². The van der Waals surface area contributed by atoms with Crippen LogP contribution >= 0.6 is 0 Å². The van der Waals surface area contributed by atoms with Gasteiger partial charge in [-0.25, -0.2) is 4.79 Å². The number of fused-ring (bicyclic) bond motifs is 2. The fourth-order valence-electron chi connectivity index (χ4n) is 2.76. The number of para-hydroxylation sites is 4. The Morgan fingerprint density at radius 3 is 1.97 bits per heavy atom. The first kappa shape index (κ1) is 19.4. The van der Waals surface area contributed by atoms with Crippen LogP contribution in [0.25, 0.3) is 0 Å². The zero-order valence-electron chi connectivity index (χ0n) is 15.7. The fraction of sp³-hybridized carbons (Fsp3) is 0.250. The van der Waals surface area contributed by atoms with Gasteiger partial charge in [0.05, 0.1) is 0 Å². The smallest absolute Gasteiger partial charge is 0.351 e. The van der Waals surface area contributed by atoms with Crippen LogP contribution in [0.4, 0.5) is 0 Å². The monoisotopic (exact) mass is 414 g/mol. The lowest BCUT2D eigenvalue weighted by Gasteiger charge is -2.25. The zero-order valence-corrected chi connectivity index (χ0v) is 15.7. The average molecular weight is 414 g/mol. The van der Waals surface area contributed by atoms with Gasteiger partial charge < -0.3 is 23.7 Å². The summed E-state index contributed by atoms with van der Waals surface area (Å²) in [6.45, 7) is -0.644. The lowest BCUT2D eigenvalue weighted by Crippen LogP contribution is -2.51. The number of carbonyl (C=O) groups excluding carboxylic acids is 3. The summed E-state index contributed by atoms with van der Waals surface area (Å²) in [5, 5.41) is 0. The maximum atomic E-state index is 12.1. The Bertz CT molecular complexity index is 888. The predicted octanol–water partition coefficient (Wildman–Crippen LogP) is 0.357.